The molecule has 1 rings (SSSR count). The van der Waals surface area contributed by atoms with E-state index in [0.29, 0.717) is 11.7 Å². The van der Waals surface area contributed by atoms with Crippen LogP contribution in [-0.4, -0.2) is 5.78 Å². The van der Waals surface area contributed by atoms with Crippen molar-refractivity contribution in [1.29, 1.82) is 0 Å². The lowest BCUT2D eigenvalue weighted by atomic mass is 9.86. The van der Waals surface area contributed by atoms with E-state index in [1.165, 1.54) is 5.57 Å². The minimum Gasteiger partial charge on any atom is -0.295 e. The molecule has 0 aromatic heterocycles. The van der Waals surface area contributed by atoms with E-state index in [-0.39, 0.29) is 0 Å². The Hall–Kier alpha value is -0.590. The number of hydrogen-bond acceptors (Lipinski definition) is 1. The number of hydrogen-bond donors (Lipinski definition) is 0. The zero-order valence-electron chi connectivity index (χ0n) is 7.39. The van der Waals surface area contributed by atoms with E-state index >= 15 is 0 Å². The summed E-state index contributed by atoms with van der Waals surface area (Å²) in [5.74, 6) is 0.681. The second-order valence-corrected chi connectivity index (χ2v) is 3.20. The summed E-state index contributed by atoms with van der Waals surface area (Å²) < 4.78 is 0. The molecule has 1 unspecified atom stereocenters. The van der Waals surface area contributed by atoms with Crippen molar-refractivity contribution in [3.63, 3.8) is 0 Å². The first-order chi connectivity index (χ1) is 5.27. The molecule has 0 radical (unpaired) electrons. The molecule has 1 aliphatic carbocycles. The third-order valence-corrected chi connectivity index (χ3v) is 2.51. The number of carbonyl (C=O) groups is 1. The van der Waals surface area contributed by atoms with E-state index in [2.05, 4.69) is 13.8 Å². The Balaban J connectivity index is 2.62. The zero-order valence-corrected chi connectivity index (χ0v) is 7.39. The Kier molecular flexibility index (Phi) is 2.86. The average Bonchev–Trinajstić information content (AvgIpc) is 2.04. The van der Waals surface area contributed by atoms with E-state index in [4.69, 9.17) is 0 Å². The summed E-state index contributed by atoms with van der Waals surface area (Å²) in [6.45, 7) is 4.21. The van der Waals surface area contributed by atoms with Crippen LogP contribution in [0, 0.1) is 5.92 Å². The van der Waals surface area contributed by atoms with Crippen LogP contribution in [0.1, 0.15) is 39.5 Å². The van der Waals surface area contributed by atoms with Crippen molar-refractivity contribution < 1.29 is 4.79 Å². The molecule has 0 aromatic carbocycles. The fraction of sp³-hybridized carbons (Fsp3) is 0.700. The lowest BCUT2D eigenvalue weighted by molar-refractivity contribution is -0.118. The number of rotatable bonds is 2. The second-order valence-electron chi connectivity index (χ2n) is 3.20. The van der Waals surface area contributed by atoms with Crippen LogP contribution >= 0.6 is 0 Å². The summed E-state index contributed by atoms with van der Waals surface area (Å²) in [5.41, 5.74) is 1.33. The van der Waals surface area contributed by atoms with Crippen LogP contribution in [0.5, 0.6) is 0 Å². The first-order valence-electron chi connectivity index (χ1n) is 4.51. The molecule has 1 nitrogen and oxygen atoms in total. The molecule has 0 aliphatic heterocycles. The molecule has 1 heteroatoms. The molecule has 0 spiro atoms. The maximum Gasteiger partial charge on any atom is 0.158 e. The van der Waals surface area contributed by atoms with E-state index < -0.39 is 0 Å². The summed E-state index contributed by atoms with van der Waals surface area (Å²) in [4.78, 5) is 11.3. The maximum absolute atomic E-state index is 11.3. The predicted octanol–water partition coefficient (Wildman–Crippen LogP) is 2.71. The molecule has 1 aliphatic rings. The quantitative estimate of drug-likeness (QED) is 0.594. The van der Waals surface area contributed by atoms with Gasteiger partial charge in [0.2, 0.25) is 0 Å². The normalized spacial score (nSPS) is 25.1. The first kappa shape index (κ1) is 8.51. The fourth-order valence-electron chi connectivity index (χ4n) is 1.58. The average molecular weight is 152 g/mol. The second kappa shape index (κ2) is 3.70. The highest BCUT2D eigenvalue weighted by molar-refractivity contribution is 5.93. The van der Waals surface area contributed by atoms with Crippen LogP contribution in [-0.2, 0) is 4.79 Å². The predicted molar refractivity (Wildman–Crippen MR) is 46.4 cm³/mol. The van der Waals surface area contributed by atoms with Gasteiger partial charge >= 0.3 is 0 Å². The Bertz CT molecular complexity index is 179. The number of ketones is 1. The van der Waals surface area contributed by atoms with Crippen molar-refractivity contribution in [3.8, 4) is 0 Å². The summed E-state index contributed by atoms with van der Waals surface area (Å²) in [6.07, 6.45) is 6.13. The highest BCUT2D eigenvalue weighted by Crippen LogP contribution is 2.24. The third-order valence-electron chi connectivity index (χ3n) is 2.51. The van der Waals surface area contributed by atoms with Gasteiger partial charge in [-0.05, 0) is 31.8 Å². The first-order valence-corrected chi connectivity index (χ1v) is 4.51. The Labute approximate surface area is 68.5 Å². The lowest BCUT2D eigenvalue weighted by Crippen LogP contribution is -2.16. The van der Waals surface area contributed by atoms with Gasteiger partial charge in [0, 0.05) is 5.92 Å². The summed E-state index contributed by atoms with van der Waals surface area (Å²) in [7, 11) is 0. The molecule has 0 heterocycles. The maximum atomic E-state index is 11.3. The van der Waals surface area contributed by atoms with Crippen molar-refractivity contribution in [2.75, 3.05) is 0 Å². The molecule has 0 fully saturated rings. The largest absolute Gasteiger partial charge is 0.295 e. The molecule has 62 valence electrons. The van der Waals surface area contributed by atoms with Crippen molar-refractivity contribution in [2.24, 2.45) is 5.92 Å². The van der Waals surface area contributed by atoms with Gasteiger partial charge in [0.05, 0.1) is 0 Å². The molecule has 0 N–H and O–H groups in total. The van der Waals surface area contributed by atoms with Gasteiger partial charge in [0.1, 0.15) is 0 Å². The fourth-order valence-corrected chi connectivity index (χ4v) is 1.58. The van der Waals surface area contributed by atoms with Gasteiger partial charge in [-0.2, -0.15) is 0 Å². The summed E-state index contributed by atoms with van der Waals surface area (Å²) in [5, 5.41) is 0. The number of allylic oxidation sites excluding steroid dienone is 2. The van der Waals surface area contributed by atoms with Crippen molar-refractivity contribution >= 4 is 5.78 Å². The van der Waals surface area contributed by atoms with Crippen molar-refractivity contribution in [3.05, 3.63) is 11.6 Å². The molecule has 0 saturated carbocycles. The van der Waals surface area contributed by atoms with Gasteiger partial charge in [-0.15, -0.1) is 0 Å². The van der Waals surface area contributed by atoms with Gasteiger partial charge < -0.3 is 0 Å². The Morgan fingerprint density at radius 1 is 1.55 bits per heavy atom. The van der Waals surface area contributed by atoms with Crippen LogP contribution in [0.4, 0.5) is 0 Å². The molecule has 0 bridgehead atoms. The molecule has 11 heavy (non-hydrogen) atoms. The molecular weight excluding hydrogens is 136 g/mol. The Morgan fingerprint density at radius 3 is 2.73 bits per heavy atom. The van der Waals surface area contributed by atoms with Gasteiger partial charge in [0.15, 0.2) is 5.78 Å². The zero-order chi connectivity index (χ0) is 8.27. The van der Waals surface area contributed by atoms with E-state index in [9.17, 15) is 4.79 Å². The minimum atomic E-state index is 0.324. The lowest BCUT2D eigenvalue weighted by Gasteiger charge is -2.18. The van der Waals surface area contributed by atoms with Crippen LogP contribution in [0.15, 0.2) is 11.6 Å². The topological polar surface area (TPSA) is 17.1 Å². The number of carbonyl (C=O) groups excluding carboxylic acids is 1. The van der Waals surface area contributed by atoms with E-state index in [1.54, 1.807) is 0 Å². The van der Waals surface area contributed by atoms with E-state index in [1.807, 2.05) is 6.08 Å². The smallest absolute Gasteiger partial charge is 0.158 e. The van der Waals surface area contributed by atoms with Crippen LogP contribution in [0.3, 0.4) is 0 Å². The molecule has 0 amide bonds. The van der Waals surface area contributed by atoms with Crippen molar-refractivity contribution in [1.82, 2.24) is 0 Å². The van der Waals surface area contributed by atoms with Crippen LogP contribution < -0.4 is 0 Å². The monoisotopic (exact) mass is 152 g/mol. The molecule has 0 aromatic rings. The highest BCUT2D eigenvalue weighted by Gasteiger charge is 2.19. The van der Waals surface area contributed by atoms with E-state index in [0.717, 1.165) is 25.7 Å². The van der Waals surface area contributed by atoms with Gasteiger partial charge in [-0.1, -0.05) is 19.4 Å². The van der Waals surface area contributed by atoms with Crippen molar-refractivity contribution in [2.45, 2.75) is 39.5 Å². The summed E-state index contributed by atoms with van der Waals surface area (Å²) in [6, 6.07) is 0. The summed E-state index contributed by atoms with van der Waals surface area (Å²) >= 11 is 0. The molecular formula is C10H16O. The van der Waals surface area contributed by atoms with Gasteiger partial charge in [-0.3, -0.25) is 4.79 Å². The molecule has 0 saturated heterocycles. The van der Waals surface area contributed by atoms with Gasteiger partial charge in [0.25, 0.3) is 0 Å². The van der Waals surface area contributed by atoms with Crippen LogP contribution in [0.25, 0.3) is 0 Å². The van der Waals surface area contributed by atoms with Crippen LogP contribution in [0.2, 0.25) is 0 Å². The highest BCUT2D eigenvalue weighted by atomic mass is 16.1. The third kappa shape index (κ3) is 1.92. The minimum absolute atomic E-state index is 0.324. The Morgan fingerprint density at radius 2 is 2.27 bits per heavy atom. The van der Waals surface area contributed by atoms with Gasteiger partial charge in [-0.25, -0.2) is 0 Å². The molecule has 1 atom stereocenters. The standard InChI is InChI=1S/C10H16O/c1-3-8-5-6-9(4-2)10(11)7-8/h7,9H,3-6H2,1-2H3. The SMILES string of the molecule is CCC1=CC(=O)C(CC)CC1.